The van der Waals surface area contributed by atoms with Crippen molar-refractivity contribution in [3.63, 3.8) is 0 Å². The second-order valence-electron chi connectivity index (χ2n) is 5.78. The van der Waals surface area contributed by atoms with Crippen LogP contribution >= 0.6 is 11.3 Å². The van der Waals surface area contributed by atoms with E-state index in [2.05, 4.69) is 10.3 Å². The van der Waals surface area contributed by atoms with E-state index in [0.717, 1.165) is 9.88 Å². The van der Waals surface area contributed by atoms with Gasteiger partial charge in [0, 0.05) is 29.4 Å². The minimum atomic E-state index is -0.263. The van der Waals surface area contributed by atoms with Crippen molar-refractivity contribution in [2.75, 3.05) is 25.6 Å². The molecule has 0 fully saturated rings. The molecule has 1 aliphatic heterocycles. The van der Waals surface area contributed by atoms with Gasteiger partial charge in [-0.05, 0) is 33.0 Å². The molecule has 1 atom stereocenters. The van der Waals surface area contributed by atoms with Gasteiger partial charge >= 0.3 is 0 Å². The molecule has 0 radical (unpaired) electrons. The second-order valence-corrected chi connectivity index (χ2v) is 7.10. The molecule has 2 aromatic rings. The molecule has 0 aliphatic carbocycles. The first-order valence-corrected chi connectivity index (χ1v) is 8.66. The van der Waals surface area contributed by atoms with Crippen LogP contribution in [-0.4, -0.2) is 42.1 Å². The van der Waals surface area contributed by atoms with Gasteiger partial charge < -0.3 is 14.8 Å². The number of hydrogen-bond donors (Lipinski definition) is 1. The van der Waals surface area contributed by atoms with Crippen LogP contribution in [-0.2, 0) is 11.3 Å². The molecule has 3 rings (SSSR count). The number of fused-ring (bicyclic) bond motifs is 1. The molecule has 0 saturated carbocycles. The van der Waals surface area contributed by atoms with Gasteiger partial charge in [-0.2, -0.15) is 0 Å². The van der Waals surface area contributed by atoms with E-state index in [1.54, 1.807) is 17.4 Å². The first-order valence-electron chi connectivity index (χ1n) is 7.85. The SMILES string of the molecule is Cc1ncc(CN(C)C(C)C(=O)Nc2ccc3c(c2)OCCO3)s1. The summed E-state index contributed by atoms with van der Waals surface area (Å²) in [7, 11) is 1.93. The molecule has 128 valence electrons. The van der Waals surface area contributed by atoms with E-state index in [0.29, 0.717) is 36.9 Å². The Labute approximate surface area is 145 Å². The minimum absolute atomic E-state index is 0.0598. The highest BCUT2D eigenvalue weighted by atomic mass is 32.1. The summed E-state index contributed by atoms with van der Waals surface area (Å²) in [6.07, 6.45) is 1.86. The van der Waals surface area contributed by atoms with Gasteiger partial charge in [-0.1, -0.05) is 0 Å². The van der Waals surface area contributed by atoms with Gasteiger partial charge in [-0.25, -0.2) is 4.98 Å². The van der Waals surface area contributed by atoms with E-state index in [1.165, 1.54) is 0 Å². The van der Waals surface area contributed by atoms with Crippen LogP contribution in [0.25, 0.3) is 0 Å². The number of likely N-dealkylation sites (N-methyl/N-ethyl adjacent to an activating group) is 1. The first-order chi connectivity index (χ1) is 11.5. The average Bonchev–Trinajstić information content (AvgIpc) is 2.98. The maximum atomic E-state index is 12.5. The van der Waals surface area contributed by atoms with Crippen molar-refractivity contribution in [2.45, 2.75) is 26.4 Å². The zero-order chi connectivity index (χ0) is 17.1. The summed E-state index contributed by atoms with van der Waals surface area (Å²) in [6.45, 7) is 5.64. The molecule has 0 bridgehead atoms. The number of thiazole rings is 1. The monoisotopic (exact) mass is 347 g/mol. The Kier molecular flexibility index (Phi) is 5.01. The van der Waals surface area contributed by atoms with E-state index < -0.39 is 0 Å². The molecule has 1 aromatic heterocycles. The molecule has 1 N–H and O–H groups in total. The summed E-state index contributed by atoms with van der Waals surface area (Å²) in [6, 6.07) is 5.18. The molecule has 2 heterocycles. The molecular weight excluding hydrogens is 326 g/mol. The molecule has 1 unspecified atom stereocenters. The molecule has 1 aromatic carbocycles. The largest absolute Gasteiger partial charge is 0.486 e. The van der Waals surface area contributed by atoms with Gasteiger partial charge in [0.05, 0.1) is 11.0 Å². The van der Waals surface area contributed by atoms with Gasteiger partial charge in [0.15, 0.2) is 11.5 Å². The maximum absolute atomic E-state index is 12.5. The third kappa shape index (κ3) is 3.85. The van der Waals surface area contributed by atoms with E-state index in [-0.39, 0.29) is 11.9 Å². The Hall–Kier alpha value is -2.12. The highest BCUT2D eigenvalue weighted by molar-refractivity contribution is 7.11. The lowest BCUT2D eigenvalue weighted by molar-refractivity contribution is -0.120. The van der Waals surface area contributed by atoms with Gasteiger partial charge in [0.25, 0.3) is 0 Å². The lowest BCUT2D eigenvalue weighted by Crippen LogP contribution is -2.39. The van der Waals surface area contributed by atoms with Gasteiger partial charge in [-0.15, -0.1) is 11.3 Å². The summed E-state index contributed by atoms with van der Waals surface area (Å²) in [4.78, 5) is 19.9. The number of amides is 1. The smallest absolute Gasteiger partial charge is 0.241 e. The second kappa shape index (κ2) is 7.19. The number of anilines is 1. The molecule has 6 nitrogen and oxygen atoms in total. The van der Waals surface area contributed by atoms with Crippen LogP contribution in [0.5, 0.6) is 11.5 Å². The molecule has 1 amide bonds. The molecule has 0 saturated heterocycles. The van der Waals surface area contributed by atoms with Crippen molar-refractivity contribution in [3.05, 3.63) is 34.3 Å². The van der Waals surface area contributed by atoms with Crippen LogP contribution in [0.15, 0.2) is 24.4 Å². The first kappa shape index (κ1) is 16.7. The van der Waals surface area contributed by atoms with Gasteiger partial charge in [-0.3, -0.25) is 9.69 Å². The van der Waals surface area contributed by atoms with E-state index in [9.17, 15) is 4.79 Å². The van der Waals surface area contributed by atoms with Crippen LogP contribution in [0.2, 0.25) is 0 Å². The number of rotatable bonds is 5. The summed E-state index contributed by atoms with van der Waals surface area (Å²) in [5.74, 6) is 1.32. The van der Waals surface area contributed by atoms with Crippen LogP contribution in [0, 0.1) is 6.92 Å². The van der Waals surface area contributed by atoms with Crippen molar-refractivity contribution >= 4 is 22.9 Å². The zero-order valence-electron chi connectivity index (χ0n) is 14.0. The summed E-state index contributed by atoms with van der Waals surface area (Å²) in [5.41, 5.74) is 0.707. The number of benzene rings is 1. The number of nitrogens with one attached hydrogen (secondary N) is 1. The Morgan fingerprint density at radius 1 is 1.38 bits per heavy atom. The highest BCUT2D eigenvalue weighted by Gasteiger charge is 2.20. The average molecular weight is 347 g/mol. The van der Waals surface area contributed by atoms with Crippen molar-refractivity contribution in [1.82, 2.24) is 9.88 Å². The zero-order valence-corrected chi connectivity index (χ0v) is 14.9. The molecule has 0 spiro atoms. The Morgan fingerprint density at radius 2 is 2.12 bits per heavy atom. The summed E-state index contributed by atoms with van der Waals surface area (Å²) >= 11 is 1.65. The van der Waals surface area contributed by atoms with E-state index >= 15 is 0 Å². The Morgan fingerprint density at radius 3 is 2.83 bits per heavy atom. The van der Waals surface area contributed by atoms with Crippen LogP contribution in [0.4, 0.5) is 5.69 Å². The third-order valence-electron chi connectivity index (χ3n) is 3.92. The van der Waals surface area contributed by atoms with Crippen LogP contribution < -0.4 is 14.8 Å². The number of hydrogen-bond acceptors (Lipinski definition) is 6. The normalized spacial score (nSPS) is 14.5. The van der Waals surface area contributed by atoms with Crippen molar-refractivity contribution in [2.24, 2.45) is 0 Å². The predicted octanol–water partition coefficient (Wildman–Crippen LogP) is 2.68. The molecule has 24 heavy (non-hydrogen) atoms. The summed E-state index contributed by atoms with van der Waals surface area (Å²) < 4.78 is 11.0. The van der Waals surface area contributed by atoms with Crippen LogP contribution in [0.3, 0.4) is 0 Å². The molecule has 1 aliphatic rings. The lowest BCUT2D eigenvalue weighted by atomic mass is 10.2. The van der Waals surface area contributed by atoms with Crippen molar-refractivity contribution < 1.29 is 14.3 Å². The van der Waals surface area contributed by atoms with Crippen LogP contribution in [0.1, 0.15) is 16.8 Å². The Bertz CT molecular complexity index is 732. The number of ether oxygens (including phenoxy) is 2. The highest BCUT2D eigenvalue weighted by Crippen LogP contribution is 2.32. The summed E-state index contributed by atoms with van der Waals surface area (Å²) in [5, 5.41) is 3.97. The standard InChI is InChI=1S/C17H21N3O3S/c1-11(20(3)10-14-9-18-12(2)24-14)17(21)19-13-4-5-15-16(8-13)23-7-6-22-15/h4-5,8-9,11H,6-7,10H2,1-3H3,(H,19,21). The fraction of sp³-hybridized carbons (Fsp3) is 0.412. The lowest BCUT2D eigenvalue weighted by Gasteiger charge is -2.24. The fourth-order valence-corrected chi connectivity index (χ4v) is 3.29. The number of nitrogens with zero attached hydrogens (tertiary/aromatic N) is 2. The molecular formula is C17H21N3O3S. The quantitative estimate of drug-likeness (QED) is 0.901. The fourth-order valence-electron chi connectivity index (χ4n) is 2.43. The van der Waals surface area contributed by atoms with Gasteiger partial charge in [0.1, 0.15) is 13.2 Å². The van der Waals surface area contributed by atoms with E-state index in [4.69, 9.17) is 9.47 Å². The minimum Gasteiger partial charge on any atom is -0.486 e. The van der Waals surface area contributed by atoms with Crippen molar-refractivity contribution in [3.8, 4) is 11.5 Å². The Balaban J connectivity index is 1.61. The van der Waals surface area contributed by atoms with Gasteiger partial charge in [0.2, 0.25) is 5.91 Å². The predicted molar refractivity (Wildman–Crippen MR) is 93.8 cm³/mol. The molecule has 7 heteroatoms. The number of aryl methyl sites for hydroxylation is 1. The maximum Gasteiger partial charge on any atom is 0.241 e. The number of aromatic nitrogens is 1. The van der Waals surface area contributed by atoms with E-state index in [1.807, 2.05) is 44.1 Å². The topological polar surface area (TPSA) is 63.7 Å². The third-order valence-corrected chi connectivity index (χ3v) is 4.82. The number of carbonyl (C=O) groups is 1. The number of carbonyl (C=O) groups excluding carboxylic acids is 1. The van der Waals surface area contributed by atoms with Crippen molar-refractivity contribution in [1.29, 1.82) is 0 Å².